The summed E-state index contributed by atoms with van der Waals surface area (Å²) in [5.74, 6) is -39.2. The Morgan fingerprint density at radius 2 is 0.629 bits per heavy atom. The van der Waals surface area contributed by atoms with Crippen molar-refractivity contribution in [3.05, 3.63) is 182 Å². The highest BCUT2D eigenvalue weighted by atomic mass is 19.2. The molecule has 5 heterocycles. The van der Waals surface area contributed by atoms with Crippen molar-refractivity contribution in [1.29, 1.82) is 0 Å². The van der Waals surface area contributed by atoms with Crippen LogP contribution in [0.15, 0.2) is 60.7 Å². The molecule has 4 aromatic heterocycles. The summed E-state index contributed by atoms with van der Waals surface area (Å²) in [4.78, 5) is 40.1. The lowest BCUT2D eigenvalue weighted by molar-refractivity contribution is 0.0979. The molecule has 0 atom stereocenters. The van der Waals surface area contributed by atoms with Gasteiger partial charge >= 0.3 is 0 Å². The van der Waals surface area contributed by atoms with E-state index in [1.165, 1.54) is 24.3 Å². The first-order chi connectivity index (χ1) is 33.3. The minimum absolute atomic E-state index is 0.0645. The monoisotopic (exact) mass is 976 g/mol. The molecule has 3 N–H and O–H groups in total. The summed E-state index contributed by atoms with van der Waals surface area (Å²) in [5.41, 5.74) is -14.0. The average Bonchev–Trinajstić information content (AvgIpc) is 4.21. The van der Waals surface area contributed by atoms with Crippen LogP contribution in [-0.2, 0) is 0 Å². The highest BCUT2D eigenvalue weighted by molar-refractivity contribution is 6.31. The number of nitrogens with one attached hydrogen (secondary N) is 3. The molecule has 0 spiro atoms. The van der Waals surface area contributed by atoms with Gasteiger partial charge in [0.05, 0.1) is 44.6 Å². The third-order valence-electron chi connectivity index (χ3n) is 12.1. The van der Waals surface area contributed by atoms with Gasteiger partial charge in [0.25, 0.3) is 0 Å². The molecule has 0 amide bonds. The zero-order valence-corrected chi connectivity index (χ0v) is 33.9. The smallest absolute Gasteiger partial charge is 0.200 e. The minimum atomic E-state index is -2.65. The predicted molar refractivity (Wildman–Crippen MR) is 222 cm³/mol. The normalized spacial score (nSPS) is 12.8. The fourth-order valence-corrected chi connectivity index (χ4v) is 8.91. The number of fused-ring (bicyclic) bond motifs is 14. The summed E-state index contributed by atoms with van der Waals surface area (Å²) in [7, 11) is 0. The quantitative estimate of drug-likeness (QED) is 0.0935. The lowest BCUT2D eigenvalue weighted by atomic mass is 9.83. The Kier molecular flexibility index (Phi) is 9.53. The second-order valence-corrected chi connectivity index (χ2v) is 15.8. The van der Waals surface area contributed by atoms with Crippen molar-refractivity contribution in [1.82, 2.24) is 19.9 Å². The summed E-state index contributed by atoms with van der Waals surface area (Å²) in [6.07, 6.45) is 1.56. The SMILES string of the molecule is O=C1c2ccccc2C(=O)c2cc3c(cc21)c1[nH]c3c2ccc([nH]2)c(-c2c(F)c(F)c(F)c(F)c2F)c2nc(c(-c3c(F)c(F)c(F)c(F)c3F)c3ccc([nH]3)c1-c1c(F)c(F)c(F)c(F)c1F)C=C2. The van der Waals surface area contributed by atoms with Gasteiger partial charge in [-0.2, -0.15) is 0 Å². The van der Waals surface area contributed by atoms with E-state index >= 15 is 52.7 Å². The Morgan fingerprint density at radius 1 is 0.314 bits per heavy atom. The van der Waals surface area contributed by atoms with Crippen LogP contribution in [0, 0.1) is 87.3 Å². The summed E-state index contributed by atoms with van der Waals surface area (Å²) in [5, 5.41) is -0.524. The fraction of sp³-hybridized carbons (Fsp3) is 0. The number of H-pyrrole nitrogens is 3. The topological polar surface area (TPSA) is 94.4 Å². The van der Waals surface area contributed by atoms with Crippen molar-refractivity contribution >= 4 is 67.6 Å². The minimum Gasteiger partial charge on any atom is -0.354 e. The maximum Gasteiger partial charge on any atom is 0.200 e. The number of hydrogen-bond acceptors (Lipinski definition) is 3. The first kappa shape index (κ1) is 43.9. The standard InChI is InChI=1S/C49H15F15N4O2/c50-31-28(32(51)38(57)43(62)37(31)56)25-19-5-6-20(65-19)26(29-33(52)39(58)44(63)40(59)34(29)53)22-9-10-24(67-22)46-15-11-17-18(49(70)14-4-2-1-3-13(14)48(17)69)12-16(15)47(68-46)27(23-8-7-21(25)66-23)30-35(54)41(60)45(64)42(61)36(30)55/h1-12,66-68H. The second kappa shape index (κ2) is 15.2. The number of hydrogen-bond donors (Lipinski definition) is 3. The van der Waals surface area contributed by atoms with Crippen molar-refractivity contribution in [2.24, 2.45) is 0 Å². The summed E-state index contributed by atoms with van der Waals surface area (Å²) < 4.78 is 231. The van der Waals surface area contributed by atoms with Crippen LogP contribution < -0.4 is 0 Å². The largest absolute Gasteiger partial charge is 0.354 e. The number of ketones is 2. The molecule has 348 valence electrons. The number of nitrogens with zero attached hydrogens (tertiary/aromatic N) is 1. The van der Waals surface area contributed by atoms with Gasteiger partial charge in [-0.1, -0.05) is 24.3 Å². The molecule has 6 nitrogen and oxygen atoms in total. The van der Waals surface area contributed by atoms with Crippen molar-refractivity contribution in [2.45, 2.75) is 0 Å². The van der Waals surface area contributed by atoms with E-state index in [4.69, 9.17) is 0 Å². The molecule has 1 aliphatic heterocycles. The molecule has 21 heteroatoms. The van der Waals surface area contributed by atoms with Gasteiger partial charge in [0.1, 0.15) is 0 Å². The van der Waals surface area contributed by atoms with Crippen LogP contribution in [0.1, 0.15) is 43.2 Å². The van der Waals surface area contributed by atoms with E-state index in [9.17, 15) is 22.8 Å². The number of aromatic amines is 3. The second-order valence-electron chi connectivity index (χ2n) is 15.8. The van der Waals surface area contributed by atoms with Crippen LogP contribution in [0.25, 0.3) is 89.4 Å². The zero-order chi connectivity index (χ0) is 49.7. The van der Waals surface area contributed by atoms with Crippen LogP contribution in [0.4, 0.5) is 65.9 Å². The van der Waals surface area contributed by atoms with E-state index in [1.807, 2.05) is 0 Å². The average molecular weight is 977 g/mol. The van der Waals surface area contributed by atoms with Gasteiger partial charge in [-0.3, -0.25) is 9.59 Å². The zero-order valence-electron chi connectivity index (χ0n) is 33.9. The van der Waals surface area contributed by atoms with Gasteiger partial charge in [-0.25, -0.2) is 70.8 Å². The molecule has 9 aromatic rings. The van der Waals surface area contributed by atoms with Crippen LogP contribution in [0.3, 0.4) is 0 Å². The molecule has 70 heavy (non-hydrogen) atoms. The van der Waals surface area contributed by atoms with Crippen LogP contribution in [0.5, 0.6) is 0 Å². The maximum absolute atomic E-state index is 16.3. The van der Waals surface area contributed by atoms with Gasteiger partial charge in [-0.15, -0.1) is 0 Å². The van der Waals surface area contributed by atoms with Crippen LogP contribution in [-0.4, -0.2) is 31.5 Å². The summed E-state index contributed by atoms with van der Waals surface area (Å²) >= 11 is 0. The van der Waals surface area contributed by atoms with E-state index in [1.54, 1.807) is 0 Å². The van der Waals surface area contributed by atoms with E-state index < -0.39 is 166 Å². The van der Waals surface area contributed by atoms with Crippen molar-refractivity contribution < 1.29 is 75.4 Å². The van der Waals surface area contributed by atoms with Crippen molar-refractivity contribution in [2.75, 3.05) is 0 Å². The van der Waals surface area contributed by atoms with Crippen molar-refractivity contribution in [3.63, 3.8) is 0 Å². The Hall–Kier alpha value is -8.62. The predicted octanol–water partition coefficient (Wildman–Crippen LogP) is 13.7. The van der Waals surface area contributed by atoms with E-state index in [0.717, 1.165) is 48.6 Å². The Labute approximate surface area is 377 Å². The van der Waals surface area contributed by atoms with Gasteiger partial charge < -0.3 is 15.0 Å². The first-order valence-corrected chi connectivity index (χ1v) is 19.9. The molecule has 5 aromatic carbocycles. The molecule has 8 bridgehead atoms. The number of benzene rings is 5. The van der Waals surface area contributed by atoms with Gasteiger partial charge in [0.2, 0.25) is 17.5 Å². The highest BCUT2D eigenvalue weighted by Crippen LogP contribution is 2.45. The molecular weight excluding hydrogens is 962 g/mol. The van der Waals surface area contributed by atoms with Crippen molar-refractivity contribution in [3.8, 4) is 33.4 Å². The van der Waals surface area contributed by atoms with E-state index in [-0.39, 0.29) is 44.1 Å². The molecule has 11 rings (SSSR count). The summed E-state index contributed by atoms with van der Waals surface area (Å²) in [6, 6.07) is 11.4. The van der Waals surface area contributed by atoms with E-state index in [0.29, 0.717) is 0 Å². The number of rotatable bonds is 3. The third kappa shape index (κ3) is 5.89. The Balaban J connectivity index is 1.43. The maximum atomic E-state index is 16.3. The first-order valence-electron chi connectivity index (χ1n) is 19.9. The fourth-order valence-electron chi connectivity index (χ4n) is 8.91. The highest BCUT2D eigenvalue weighted by Gasteiger charge is 2.35. The molecule has 0 unspecified atom stereocenters. The molecule has 0 fully saturated rings. The third-order valence-corrected chi connectivity index (χ3v) is 12.1. The van der Waals surface area contributed by atoms with Crippen LogP contribution in [0.2, 0.25) is 0 Å². The lowest BCUT2D eigenvalue weighted by Gasteiger charge is -2.17. The molecule has 0 saturated heterocycles. The molecule has 0 radical (unpaired) electrons. The molecule has 0 saturated carbocycles. The molecule has 1 aliphatic carbocycles. The van der Waals surface area contributed by atoms with Gasteiger partial charge in [0, 0.05) is 66.3 Å². The van der Waals surface area contributed by atoms with E-state index in [2.05, 4.69) is 19.9 Å². The Bertz CT molecular complexity index is 4050. The summed E-state index contributed by atoms with van der Waals surface area (Å²) in [6.45, 7) is 0. The van der Waals surface area contributed by atoms with Crippen LogP contribution >= 0.6 is 0 Å². The molecular formula is C49H15F15N4O2. The number of carbonyl (C=O) groups is 2. The number of carbonyl (C=O) groups excluding carboxylic acids is 2. The van der Waals surface area contributed by atoms with Gasteiger partial charge in [-0.05, 0) is 48.6 Å². The van der Waals surface area contributed by atoms with Gasteiger partial charge in [0.15, 0.2) is 81.4 Å². The molecule has 2 aliphatic rings. The number of halogens is 15. The number of aromatic nitrogens is 4. The Morgan fingerprint density at radius 3 is 1.03 bits per heavy atom. The lowest BCUT2D eigenvalue weighted by Crippen LogP contribution is -2.20.